The van der Waals surface area contributed by atoms with Crippen LogP contribution in [0.3, 0.4) is 0 Å². The molecule has 0 N–H and O–H groups in total. The Hall–Kier alpha value is -2.99. The number of carbonyl (C=O) groups excluding carboxylic acids is 3. The van der Waals surface area contributed by atoms with Crippen molar-refractivity contribution in [1.82, 2.24) is 14.7 Å². The highest BCUT2D eigenvalue weighted by atomic mass is 16.2. The zero-order valence-corrected chi connectivity index (χ0v) is 15.2. The number of amides is 3. The average molecular weight is 363 g/mol. The molecule has 0 aliphatic carbocycles. The molecule has 138 valence electrons. The van der Waals surface area contributed by atoms with E-state index < -0.39 is 0 Å². The van der Waals surface area contributed by atoms with Crippen molar-refractivity contribution < 1.29 is 14.4 Å². The van der Waals surface area contributed by atoms with E-state index in [-0.39, 0.29) is 24.3 Å². The van der Waals surface area contributed by atoms with Gasteiger partial charge in [-0.25, -0.2) is 0 Å². The average Bonchev–Trinajstić information content (AvgIpc) is 2.93. The van der Waals surface area contributed by atoms with Crippen molar-refractivity contribution in [3.05, 3.63) is 70.8 Å². The van der Waals surface area contributed by atoms with Crippen LogP contribution in [0.15, 0.2) is 48.5 Å². The number of benzene rings is 2. The van der Waals surface area contributed by atoms with Gasteiger partial charge in [0, 0.05) is 31.7 Å². The smallest absolute Gasteiger partial charge is 0.261 e. The third-order valence-electron chi connectivity index (χ3n) is 5.18. The van der Waals surface area contributed by atoms with Crippen molar-refractivity contribution in [3.8, 4) is 0 Å². The summed E-state index contributed by atoms with van der Waals surface area (Å²) in [6.45, 7) is 3.30. The van der Waals surface area contributed by atoms with Crippen molar-refractivity contribution in [1.29, 1.82) is 0 Å². The predicted molar refractivity (Wildman–Crippen MR) is 100 cm³/mol. The van der Waals surface area contributed by atoms with Crippen molar-refractivity contribution in [2.24, 2.45) is 0 Å². The van der Waals surface area contributed by atoms with Crippen LogP contribution < -0.4 is 0 Å². The first kappa shape index (κ1) is 17.4. The maximum atomic E-state index is 12.8. The van der Waals surface area contributed by atoms with Gasteiger partial charge in [-0.2, -0.15) is 0 Å². The first-order valence-corrected chi connectivity index (χ1v) is 9.06. The molecule has 0 saturated carbocycles. The van der Waals surface area contributed by atoms with E-state index in [0.717, 1.165) is 18.7 Å². The summed E-state index contributed by atoms with van der Waals surface area (Å²) >= 11 is 0. The van der Waals surface area contributed by atoms with Crippen molar-refractivity contribution in [2.45, 2.75) is 6.54 Å². The molecule has 2 heterocycles. The summed E-state index contributed by atoms with van der Waals surface area (Å²) in [5.74, 6) is -0.579. The molecule has 6 nitrogen and oxygen atoms in total. The maximum Gasteiger partial charge on any atom is 0.261 e. The lowest BCUT2D eigenvalue weighted by molar-refractivity contribution is 0.0641. The summed E-state index contributed by atoms with van der Waals surface area (Å²) in [7, 11) is 2.05. The molecule has 6 heteroatoms. The van der Waals surface area contributed by atoms with Gasteiger partial charge in [-0.1, -0.05) is 24.3 Å². The van der Waals surface area contributed by atoms with Crippen molar-refractivity contribution >= 4 is 17.7 Å². The zero-order valence-electron chi connectivity index (χ0n) is 15.2. The largest absolute Gasteiger partial charge is 0.336 e. The first-order chi connectivity index (χ1) is 13.0. The molecule has 0 bridgehead atoms. The first-order valence-electron chi connectivity index (χ1n) is 9.06. The fraction of sp³-hybridized carbons (Fsp3) is 0.286. The van der Waals surface area contributed by atoms with Gasteiger partial charge < -0.3 is 9.80 Å². The van der Waals surface area contributed by atoms with Crippen LogP contribution in [0.5, 0.6) is 0 Å². The third-order valence-corrected chi connectivity index (χ3v) is 5.18. The lowest BCUT2D eigenvalue weighted by atomic mass is 10.1. The maximum absolute atomic E-state index is 12.8. The van der Waals surface area contributed by atoms with E-state index in [9.17, 15) is 14.4 Å². The van der Waals surface area contributed by atoms with E-state index in [2.05, 4.69) is 4.90 Å². The van der Waals surface area contributed by atoms with Gasteiger partial charge in [0.1, 0.15) is 0 Å². The van der Waals surface area contributed by atoms with Crippen LogP contribution in [0.2, 0.25) is 0 Å². The number of hydrogen-bond donors (Lipinski definition) is 0. The minimum absolute atomic E-state index is 0.00712. The summed E-state index contributed by atoms with van der Waals surface area (Å²) in [4.78, 5) is 43.1. The van der Waals surface area contributed by atoms with E-state index >= 15 is 0 Å². The lowest BCUT2D eigenvalue weighted by Crippen LogP contribution is -2.47. The number of carbonyl (C=O) groups is 3. The molecule has 2 aliphatic heterocycles. The van der Waals surface area contributed by atoms with Gasteiger partial charge in [-0.05, 0) is 36.9 Å². The molecule has 27 heavy (non-hydrogen) atoms. The Labute approximate surface area is 158 Å². The molecule has 2 aliphatic rings. The number of imide groups is 1. The molecule has 1 saturated heterocycles. The van der Waals surface area contributed by atoms with Gasteiger partial charge in [0.05, 0.1) is 17.7 Å². The quantitative estimate of drug-likeness (QED) is 0.781. The highest BCUT2D eigenvalue weighted by Gasteiger charge is 2.35. The van der Waals surface area contributed by atoms with Gasteiger partial charge in [0.2, 0.25) is 0 Å². The summed E-state index contributed by atoms with van der Waals surface area (Å²) in [6.07, 6.45) is 0. The molecule has 2 aromatic rings. The number of piperazine rings is 1. The molecule has 0 unspecified atom stereocenters. The summed E-state index contributed by atoms with van der Waals surface area (Å²) in [5, 5.41) is 0. The fourth-order valence-electron chi connectivity index (χ4n) is 3.56. The van der Waals surface area contributed by atoms with Crippen LogP contribution in [0.4, 0.5) is 0 Å². The molecule has 2 aromatic carbocycles. The highest BCUT2D eigenvalue weighted by molar-refractivity contribution is 6.21. The molecule has 4 rings (SSSR count). The Kier molecular flexibility index (Phi) is 4.49. The van der Waals surface area contributed by atoms with Crippen molar-refractivity contribution in [2.75, 3.05) is 33.2 Å². The molecule has 3 amide bonds. The Bertz CT molecular complexity index is 881. The standard InChI is InChI=1S/C21H21N3O3/c1-22-9-11-23(12-10-22)19(25)16-6-4-5-15(13-16)14-24-20(26)17-7-2-3-8-18(17)21(24)27/h2-8,13H,9-12,14H2,1H3. The molecular weight excluding hydrogens is 342 g/mol. The van der Waals surface area contributed by atoms with Crippen molar-refractivity contribution in [3.63, 3.8) is 0 Å². The van der Waals surface area contributed by atoms with Gasteiger partial charge in [0.25, 0.3) is 17.7 Å². The van der Waals surface area contributed by atoms with Crippen LogP contribution in [0.1, 0.15) is 36.6 Å². The van der Waals surface area contributed by atoms with Crippen LogP contribution in [0, 0.1) is 0 Å². The molecule has 0 spiro atoms. The summed E-state index contributed by atoms with van der Waals surface area (Å²) < 4.78 is 0. The number of rotatable bonds is 3. The number of likely N-dealkylation sites (N-methyl/N-ethyl adjacent to an activating group) is 1. The predicted octanol–water partition coefficient (Wildman–Crippen LogP) is 1.87. The van der Waals surface area contributed by atoms with E-state index in [1.807, 2.05) is 18.0 Å². The molecule has 0 radical (unpaired) electrons. The van der Waals surface area contributed by atoms with Crippen LogP contribution >= 0.6 is 0 Å². The zero-order chi connectivity index (χ0) is 19.0. The number of fused-ring (bicyclic) bond motifs is 1. The highest BCUT2D eigenvalue weighted by Crippen LogP contribution is 2.24. The SMILES string of the molecule is CN1CCN(C(=O)c2cccc(CN3C(=O)c4ccccc4C3=O)c2)CC1. The van der Waals surface area contributed by atoms with E-state index in [1.165, 1.54) is 4.90 Å². The van der Waals surface area contributed by atoms with Gasteiger partial charge >= 0.3 is 0 Å². The van der Waals surface area contributed by atoms with Crippen LogP contribution in [0.25, 0.3) is 0 Å². The van der Waals surface area contributed by atoms with Gasteiger partial charge in [0.15, 0.2) is 0 Å². The fourth-order valence-corrected chi connectivity index (χ4v) is 3.56. The topological polar surface area (TPSA) is 60.9 Å². The molecule has 0 atom stereocenters. The van der Waals surface area contributed by atoms with Gasteiger partial charge in [-0.3, -0.25) is 19.3 Å². The minimum Gasteiger partial charge on any atom is -0.336 e. The summed E-state index contributed by atoms with van der Waals surface area (Å²) in [5.41, 5.74) is 2.23. The normalized spacial score (nSPS) is 17.4. The van der Waals surface area contributed by atoms with Crippen LogP contribution in [-0.4, -0.2) is 65.6 Å². The van der Waals surface area contributed by atoms with E-state index in [4.69, 9.17) is 0 Å². The Balaban J connectivity index is 1.51. The molecular formula is C21H21N3O3. The monoisotopic (exact) mass is 363 g/mol. The second kappa shape index (κ2) is 6.96. The van der Waals surface area contributed by atoms with Crippen LogP contribution in [-0.2, 0) is 6.54 Å². The second-order valence-electron chi connectivity index (χ2n) is 7.04. The lowest BCUT2D eigenvalue weighted by Gasteiger charge is -2.32. The van der Waals surface area contributed by atoms with E-state index in [0.29, 0.717) is 29.8 Å². The van der Waals surface area contributed by atoms with Gasteiger partial charge in [-0.15, -0.1) is 0 Å². The summed E-state index contributed by atoms with van der Waals surface area (Å²) in [6, 6.07) is 14.1. The second-order valence-corrected chi connectivity index (χ2v) is 7.04. The Morgan fingerprint density at radius 1 is 0.889 bits per heavy atom. The minimum atomic E-state index is -0.286. The Morgan fingerprint density at radius 2 is 1.52 bits per heavy atom. The van der Waals surface area contributed by atoms with E-state index in [1.54, 1.807) is 42.5 Å². The molecule has 1 fully saturated rings. The Morgan fingerprint density at radius 3 is 2.15 bits per heavy atom. The molecule has 0 aromatic heterocycles. The third kappa shape index (κ3) is 3.24. The number of nitrogens with zero attached hydrogens (tertiary/aromatic N) is 3. The number of hydrogen-bond acceptors (Lipinski definition) is 4.